The van der Waals surface area contributed by atoms with Gasteiger partial charge in [-0.1, -0.05) is 12.1 Å². The lowest BCUT2D eigenvalue weighted by molar-refractivity contribution is 0.151. The summed E-state index contributed by atoms with van der Waals surface area (Å²) < 4.78 is 1.31. The van der Waals surface area contributed by atoms with Crippen LogP contribution in [0.5, 0.6) is 0 Å². The van der Waals surface area contributed by atoms with Crippen LogP contribution in [0.2, 0.25) is 0 Å². The van der Waals surface area contributed by atoms with E-state index in [-0.39, 0.29) is 0 Å². The Hall–Kier alpha value is -0.860. The molecule has 0 unspecified atom stereocenters. The molecule has 15 heavy (non-hydrogen) atoms. The summed E-state index contributed by atoms with van der Waals surface area (Å²) in [5.41, 5.74) is 1.97. The Balaban J connectivity index is 2.22. The Kier molecular flexibility index (Phi) is 1.77. The largest absolute Gasteiger partial charge is 0.385 e. The lowest BCUT2D eigenvalue weighted by Crippen LogP contribution is -2.02. The Bertz CT molecular complexity index is 535. The van der Waals surface area contributed by atoms with Crippen molar-refractivity contribution in [3.63, 3.8) is 0 Å². The standard InChI is InChI=1S/C13H14OS/c1-8-9(2)15-12-7-10(3-4-11(8)12)13(14)5-6-13/h3-4,7,14H,5-6H2,1-2H3. The third-order valence-electron chi connectivity index (χ3n) is 3.44. The van der Waals surface area contributed by atoms with E-state index in [1.165, 1.54) is 20.5 Å². The van der Waals surface area contributed by atoms with Crippen molar-refractivity contribution in [3.8, 4) is 0 Å². The van der Waals surface area contributed by atoms with E-state index >= 15 is 0 Å². The maximum Gasteiger partial charge on any atom is 0.0899 e. The average Bonchev–Trinajstić information content (AvgIpc) is 2.90. The second kappa shape index (κ2) is 2.83. The van der Waals surface area contributed by atoms with Crippen molar-refractivity contribution >= 4 is 21.4 Å². The lowest BCUT2D eigenvalue weighted by Gasteiger charge is -2.07. The molecule has 0 amide bonds. The van der Waals surface area contributed by atoms with Gasteiger partial charge in [-0.15, -0.1) is 11.3 Å². The van der Waals surface area contributed by atoms with Gasteiger partial charge in [0.05, 0.1) is 5.60 Å². The van der Waals surface area contributed by atoms with Gasteiger partial charge in [0.2, 0.25) is 0 Å². The number of hydrogen-bond donors (Lipinski definition) is 1. The predicted octanol–water partition coefficient (Wildman–Crippen LogP) is 3.50. The van der Waals surface area contributed by atoms with Gasteiger partial charge in [-0.25, -0.2) is 0 Å². The minimum Gasteiger partial charge on any atom is -0.385 e. The molecule has 1 aliphatic carbocycles. The van der Waals surface area contributed by atoms with Gasteiger partial charge in [0.1, 0.15) is 0 Å². The molecule has 1 aromatic heterocycles. The molecular formula is C13H14OS. The van der Waals surface area contributed by atoms with Crippen LogP contribution in [-0.2, 0) is 5.60 Å². The highest BCUT2D eigenvalue weighted by atomic mass is 32.1. The highest BCUT2D eigenvalue weighted by molar-refractivity contribution is 7.19. The Morgan fingerprint density at radius 3 is 2.67 bits per heavy atom. The molecule has 1 heterocycles. The first kappa shape index (κ1) is 9.37. The van der Waals surface area contributed by atoms with Crippen molar-refractivity contribution in [3.05, 3.63) is 34.2 Å². The van der Waals surface area contributed by atoms with E-state index in [1.807, 2.05) is 11.3 Å². The van der Waals surface area contributed by atoms with Gasteiger partial charge < -0.3 is 5.11 Å². The van der Waals surface area contributed by atoms with E-state index in [2.05, 4.69) is 32.0 Å². The second-order valence-electron chi connectivity index (χ2n) is 4.53. The van der Waals surface area contributed by atoms with E-state index in [4.69, 9.17) is 0 Å². The zero-order chi connectivity index (χ0) is 10.6. The van der Waals surface area contributed by atoms with Gasteiger partial charge in [0, 0.05) is 9.58 Å². The number of thiophene rings is 1. The highest BCUT2D eigenvalue weighted by Gasteiger charge is 2.42. The molecule has 78 valence electrons. The number of fused-ring (bicyclic) bond motifs is 1. The molecular weight excluding hydrogens is 204 g/mol. The molecule has 1 N–H and O–H groups in total. The van der Waals surface area contributed by atoms with E-state index in [9.17, 15) is 5.11 Å². The van der Waals surface area contributed by atoms with E-state index in [0.29, 0.717) is 0 Å². The van der Waals surface area contributed by atoms with Gasteiger partial charge >= 0.3 is 0 Å². The predicted molar refractivity (Wildman–Crippen MR) is 64.4 cm³/mol. The average molecular weight is 218 g/mol. The first-order valence-electron chi connectivity index (χ1n) is 5.33. The summed E-state index contributed by atoms with van der Waals surface area (Å²) in [6, 6.07) is 6.39. The smallest absolute Gasteiger partial charge is 0.0899 e. The fraction of sp³-hybridized carbons (Fsp3) is 0.385. The van der Waals surface area contributed by atoms with Crippen LogP contribution in [0, 0.1) is 13.8 Å². The summed E-state index contributed by atoms with van der Waals surface area (Å²) in [6.07, 6.45) is 1.84. The van der Waals surface area contributed by atoms with Crippen LogP contribution in [0.1, 0.15) is 28.8 Å². The Morgan fingerprint density at radius 2 is 2.00 bits per heavy atom. The number of hydrogen-bond acceptors (Lipinski definition) is 2. The fourth-order valence-electron chi connectivity index (χ4n) is 2.04. The SMILES string of the molecule is Cc1sc2cc(C3(O)CC3)ccc2c1C. The third-order valence-corrected chi connectivity index (χ3v) is 4.61. The van der Waals surface area contributed by atoms with E-state index in [0.717, 1.165) is 18.4 Å². The van der Waals surface area contributed by atoms with Crippen LogP contribution in [0.15, 0.2) is 18.2 Å². The quantitative estimate of drug-likeness (QED) is 0.776. The molecule has 2 heteroatoms. The maximum atomic E-state index is 10.0. The van der Waals surface area contributed by atoms with Crippen LogP contribution in [-0.4, -0.2) is 5.11 Å². The van der Waals surface area contributed by atoms with Crippen molar-refractivity contribution in [2.45, 2.75) is 32.3 Å². The zero-order valence-corrected chi connectivity index (χ0v) is 9.82. The van der Waals surface area contributed by atoms with Gasteiger partial charge in [-0.05, 0) is 49.3 Å². The topological polar surface area (TPSA) is 20.2 Å². The first-order chi connectivity index (χ1) is 7.10. The van der Waals surface area contributed by atoms with Crippen LogP contribution in [0.3, 0.4) is 0 Å². The number of aliphatic hydroxyl groups is 1. The summed E-state index contributed by atoms with van der Waals surface area (Å²) >= 11 is 1.83. The molecule has 1 nitrogen and oxygen atoms in total. The molecule has 2 aromatic rings. The summed E-state index contributed by atoms with van der Waals surface area (Å²) in [5.74, 6) is 0. The molecule has 0 bridgehead atoms. The summed E-state index contributed by atoms with van der Waals surface area (Å²) in [7, 11) is 0. The first-order valence-corrected chi connectivity index (χ1v) is 6.14. The number of aryl methyl sites for hydroxylation is 2. The molecule has 0 radical (unpaired) electrons. The summed E-state index contributed by atoms with van der Waals surface area (Å²) in [6.45, 7) is 4.32. The van der Waals surface area contributed by atoms with Crippen molar-refractivity contribution in [2.24, 2.45) is 0 Å². The summed E-state index contributed by atoms with van der Waals surface area (Å²) in [5, 5.41) is 11.4. The van der Waals surface area contributed by atoms with Crippen molar-refractivity contribution in [2.75, 3.05) is 0 Å². The monoisotopic (exact) mass is 218 g/mol. The number of benzene rings is 1. The van der Waals surface area contributed by atoms with Crippen LogP contribution in [0.25, 0.3) is 10.1 Å². The Morgan fingerprint density at radius 1 is 1.27 bits per heavy atom. The van der Waals surface area contributed by atoms with Crippen LogP contribution >= 0.6 is 11.3 Å². The Labute approximate surface area is 93.4 Å². The second-order valence-corrected chi connectivity index (χ2v) is 5.78. The molecule has 0 aliphatic heterocycles. The van der Waals surface area contributed by atoms with Gasteiger partial charge in [-0.2, -0.15) is 0 Å². The van der Waals surface area contributed by atoms with Crippen molar-refractivity contribution in [1.29, 1.82) is 0 Å². The minimum absolute atomic E-state index is 0.500. The van der Waals surface area contributed by atoms with Crippen LogP contribution < -0.4 is 0 Å². The molecule has 1 saturated carbocycles. The minimum atomic E-state index is -0.500. The zero-order valence-electron chi connectivity index (χ0n) is 9.00. The molecule has 1 aliphatic rings. The molecule has 0 saturated heterocycles. The van der Waals surface area contributed by atoms with E-state index in [1.54, 1.807) is 0 Å². The van der Waals surface area contributed by atoms with Gasteiger partial charge in [0.15, 0.2) is 0 Å². The van der Waals surface area contributed by atoms with Gasteiger partial charge in [-0.3, -0.25) is 0 Å². The fourth-order valence-corrected chi connectivity index (χ4v) is 3.15. The van der Waals surface area contributed by atoms with Crippen LogP contribution in [0.4, 0.5) is 0 Å². The highest BCUT2D eigenvalue weighted by Crippen LogP contribution is 2.46. The normalized spacial score (nSPS) is 18.3. The molecule has 0 spiro atoms. The van der Waals surface area contributed by atoms with Crippen molar-refractivity contribution in [1.82, 2.24) is 0 Å². The third kappa shape index (κ3) is 1.32. The van der Waals surface area contributed by atoms with Gasteiger partial charge in [0.25, 0.3) is 0 Å². The molecule has 1 aromatic carbocycles. The van der Waals surface area contributed by atoms with E-state index < -0.39 is 5.60 Å². The lowest BCUT2D eigenvalue weighted by atomic mass is 10.0. The number of rotatable bonds is 1. The van der Waals surface area contributed by atoms with Crippen molar-refractivity contribution < 1.29 is 5.11 Å². The molecule has 0 atom stereocenters. The summed E-state index contributed by atoms with van der Waals surface area (Å²) in [4.78, 5) is 1.38. The molecule has 1 fully saturated rings. The maximum absolute atomic E-state index is 10.0. The molecule has 3 rings (SSSR count).